The van der Waals surface area contributed by atoms with Gasteiger partial charge in [0.15, 0.2) is 11.5 Å². The molecule has 5 rings (SSSR count). The van der Waals surface area contributed by atoms with E-state index in [0.717, 1.165) is 41.4 Å². The Bertz CT molecular complexity index is 1410. The van der Waals surface area contributed by atoms with Crippen molar-refractivity contribution in [1.82, 2.24) is 19.9 Å². The molecule has 1 aliphatic heterocycles. The van der Waals surface area contributed by atoms with Crippen molar-refractivity contribution in [2.45, 2.75) is 20.0 Å². The van der Waals surface area contributed by atoms with Gasteiger partial charge in [0.2, 0.25) is 0 Å². The molecule has 2 aromatic heterocycles. The summed E-state index contributed by atoms with van der Waals surface area (Å²) >= 11 is 0. The molecular weight excluding hydrogens is 456 g/mol. The summed E-state index contributed by atoms with van der Waals surface area (Å²) in [6.07, 6.45) is 5.81. The molecule has 182 valence electrons. The monoisotopic (exact) mass is 482 g/mol. The summed E-state index contributed by atoms with van der Waals surface area (Å²) in [6, 6.07) is 12.0. The molecule has 0 bridgehead atoms. The first-order valence-electron chi connectivity index (χ1n) is 11.7. The molecule has 9 nitrogen and oxygen atoms in total. The van der Waals surface area contributed by atoms with E-state index < -0.39 is 0 Å². The quantitative estimate of drug-likeness (QED) is 0.390. The van der Waals surface area contributed by atoms with Crippen LogP contribution in [0.5, 0.6) is 11.5 Å². The van der Waals surface area contributed by atoms with E-state index in [0.29, 0.717) is 54.3 Å². The van der Waals surface area contributed by atoms with Crippen molar-refractivity contribution in [3.63, 3.8) is 0 Å². The Labute approximate surface area is 209 Å². The number of anilines is 1. The predicted molar refractivity (Wildman–Crippen MR) is 134 cm³/mol. The van der Waals surface area contributed by atoms with Gasteiger partial charge in [0, 0.05) is 31.0 Å². The van der Waals surface area contributed by atoms with E-state index in [1.807, 2.05) is 37.3 Å². The van der Waals surface area contributed by atoms with Crippen molar-refractivity contribution in [1.29, 1.82) is 5.26 Å². The van der Waals surface area contributed by atoms with Crippen LogP contribution in [-0.4, -0.2) is 53.3 Å². The zero-order valence-electron chi connectivity index (χ0n) is 20.3. The summed E-state index contributed by atoms with van der Waals surface area (Å²) in [5.41, 5.74) is 4.60. The highest BCUT2D eigenvalue weighted by molar-refractivity contribution is 5.83. The number of rotatable bonds is 7. The fourth-order valence-electron chi connectivity index (χ4n) is 4.14. The number of methoxy groups -OCH3 is 1. The minimum absolute atomic E-state index is 0.337. The second-order valence-corrected chi connectivity index (χ2v) is 8.50. The van der Waals surface area contributed by atoms with E-state index in [9.17, 15) is 5.26 Å². The average molecular weight is 483 g/mol. The van der Waals surface area contributed by atoms with Crippen molar-refractivity contribution < 1.29 is 14.2 Å². The van der Waals surface area contributed by atoms with Crippen molar-refractivity contribution in [2.24, 2.45) is 0 Å². The van der Waals surface area contributed by atoms with Gasteiger partial charge in [0.05, 0.1) is 37.6 Å². The maximum absolute atomic E-state index is 10.0. The average Bonchev–Trinajstić information content (AvgIpc) is 2.93. The van der Waals surface area contributed by atoms with Crippen molar-refractivity contribution in [3.05, 3.63) is 77.0 Å². The standard InChI is InChI=1S/C27H26N6O3/c1-18-29-14-20(15-30-18)17-36-24-6-3-19(12-25(24)34-2)11-21-4-5-23-27(22(21)13-28)32-26(16-31-23)33-7-9-35-10-8-33/h3-6,12,14-16H,7-11,17H2,1-2H3. The highest BCUT2D eigenvalue weighted by atomic mass is 16.5. The van der Waals surface area contributed by atoms with Gasteiger partial charge in [0.25, 0.3) is 0 Å². The summed E-state index contributed by atoms with van der Waals surface area (Å²) in [5.74, 6) is 2.73. The number of nitrogens with zero attached hydrogens (tertiary/aromatic N) is 6. The molecule has 0 aliphatic carbocycles. The SMILES string of the molecule is COc1cc(Cc2ccc3ncc(N4CCOCC4)nc3c2C#N)ccc1OCc1cnc(C)nc1. The Hall–Kier alpha value is -4.29. The summed E-state index contributed by atoms with van der Waals surface area (Å²) in [4.78, 5) is 19.9. The van der Waals surface area contributed by atoms with Gasteiger partial charge in [0.1, 0.15) is 29.8 Å². The van der Waals surface area contributed by atoms with Crippen LogP contribution >= 0.6 is 0 Å². The van der Waals surface area contributed by atoms with Crippen LogP contribution in [0.3, 0.4) is 0 Å². The number of hydrogen-bond acceptors (Lipinski definition) is 9. The highest BCUT2D eigenvalue weighted by Crippen LogP contribution is 2.31. The molecule has 0 radical (unpaired) electrons. The molecule has 9 heteroatoms. The molecule has 0 amide bonds. The fraction of sp³-hybridized carbons (Fsp3) is 0.296. The van der Waals surface area contributed by atoms with Gasteiger partial charge in [-0.25, -0.2) is 15.0 Å². The second-order valence-electron chi connectivity index (χ2n) is 8.50. The summed E-state index contributed by atoms with van der Waals surface area (Å²) in [7, 11) is 1.61. The second kappa shape index (κ2) is 10.5. The van der Waals surface area contributed by atoms with Gasteiger partial charge in [-0.05, 0) is 42.7 Å². The largest absolute Gasteiger partial charge is 0.493 e. The molecule has 0 saturated carbocycles. The lowest BCUT2D eigenvalue weighted by atomic mass is 9.98. The van der Waals surface area contributed by atoms with Crippen molar-refractivity contribution >= 4 is 16.9 Å². The summed E-state index contributed by atoms with van der Waals surface area (Å²) < 4.78 is 17.0. The van der Waals surface area contributed by atoms with Crippen LogP contribution in [0.15, 0.2) is 48.9 Å². The molecule has 2 aromatic carbocycles. The van der Waals surface area contributed by atoms with E-state index in [1.54, 1.807) is 25.7 Å². The van der Waals surface area contributed by atoms with E-state index in [-0.39, 0.29) is 0 Å². The van der Waals surface area contributed by atoms with Gasteiger partial charge in [-0.2, -0.15) is 5.26 Å². The van der Waals surface area contributed by atoms with Crippen LogP contribution in [0.1, 0.15) is 28.1 Å². The third-order valence-corrected chi connectivity index (χ3v) is 6.09. The minimum atomic E-state index is 0.337. The number of aryl methyl sites for hydroxylation is 1. The Kier molecular flexibility index (Phi) is 6.87. The normalized spacial score (nSPS) is 13.4. The zero-order valence-corrected chi connectivity index (χ0v) is 20.3. The van der Waals surface area contributed by atoms with Crippen LogP contribution in [-0.2, 0) is 17.8 Å². The fourth-order valence-corrected chi connectivity index (χ4v) is 4.14. The van der Waals surface area contributed by atoms with Crippen LogP contribution in [0.2, 0.25) is 0 Å². The molecule has 0 unspecified atom stereocenters. The number of hydrogen-bond donors (Lipinski definition) is 0. The first kappa shape index (κ1) is 23.5. The Morgan fingerprint density at radius 2 is 1.81 bits per heavy atom. The van der Waals surface area contributed by atoms with Crippen molar-refractivity contribution in [2.75, 3.05) is 38.3 Å². The number of morpholine rings is 1. The molecule has 1 saturated heterocycles. The molecule has 4 aromatic rings. The highest BCUT2D eigenvalue weighted by Gasteiger charge is 2.17. The first-order valence-corrected chi connectivity index (χ1v) is 11.7. The maximum Gasteiger partial charge on any atom is 0.161 e. The van der Waals surface area contributed by atoms with Crippen molar-refractivity contribution in [3.8, 4) is 17.6 Å². The molecule has 0 spiro atoms. The van der Waals surface area contributed by atoms with Gasteiger partial charge in [-0.3, -0.25) is 4.98 Å². The van der Waals surface area contributed by atoms with Crippen LogP contribution in [0.25, 0.3) is 11.0 Å². The predicted octanol–water partition coefficient (Wildman–Crippen LogP) is 3.61. The Morgan fingerprint density at radius 1 is 1.00 bits per heavy atom. The van der Waals surface area contributed by atoms with Gasteiger partial charge >= 0.3 is 0 Å². The lowest BCUT2D eigenvalue weighted by Gasteiger charge is -2.27. The lowest BCUT2D eigenvalue weighted by molar-refractivity contribution is 0.122. The lowest BCUT2D eigenvalue weighted by Crippen LogP contribution is -2.36. The first-order chi connectivity index (χ1) is 17.6. The topological polar surface area (TPSA) is 106 Å². The molecule has 36 heavy (non-hydrogen) atoms. The maximum atomic E-state index is 10.0. The van der Waals surface area contributed by atoms with Crippen LogP contribution in [0.4, 0.5) is 5.82 Å². The van der Waals surface area contributed by atoms with Gasteiger partial charge in [-0.15, -0.1) is 0 Å². The van der Waals surface area contributed by atoms with E-state index in [1.165, 1.54) is 0 Å². The third-order valence-electron chi connectivity index (χ3n) is 6.09. The molecule has 1 aliphatic rings. The van der Waals surface area contributed by atoms with E-state index in [4.69, 9.17) is 19.2 Å². The number of nitriles is 1. The number of fused-ring (bicyclic) bond motifs is 1. The molecule has 1 fully saturated rings. The van der Waals surface area contributed by atoms with E-state index in [2.05, 4.69) is 25.9 Å². The summed E-state index contributed by atoms with van der Waals surface area (Å²) in [6.45, 7) is 5.01. The Balaban J connectivity index is 1.39. The van der Waals surface area contributed by atoms with Gasteiger partial charge < -0.3 is 19.1 Å². The Morgan fingerprint density at radius 3 is 2.56 bits per heavy atom. The molecule has 0 atom stereocenters. The minimum Gasteiger partial charge on any atom is -0.493 e. The zero-order chi connectivity index (χ0) is 24.9. The number of aromatic nitrogens is 4. The molecule has 3 heterocycles. The number of benzene rings is 2. The summed E-state index contributed by atoms with van der Waals surface area (Å²) in [5, 5.41) is 10.0. The van der Waals surface area contributed by atoms with Crippen LogP contribution < -0.4 is 14.4 Å². The van der Waals surface area contributed by atoms with E-state index >= 15 is 0 Å². The molecular formula is C27H26N6O3. The smallest absolute Gasteiger partial charge is 0.161 e. The number of ether oxygens (including phenoxy) is 3. The van der Waals surface area contributed by atoms with Gasteiger partial charge in [-0.1, -0.05) is 12.1 Å². The third kappa shape index (κ3) is 5.04. The van der Waals surface area contributed by atoms with Crippen LogP contribution in [0, 0.1) is 18.3 Å². The molecule has 0 N–H and O–H groups in total.